The first-order valence-electron chi connectivity index (χ1n) is 9.19. The zero-order valence-corrected chi connectivity index (χ0v) is 15.9. The number of para-hydroxylation sites is 1. The van der Waals surface area contributed by atoms with Crippen LogP contribution in [0.3, 0.4) is 0 Å². The van der Waals surface area contributed by atoms with Gasteiger partial charge in [-0.1, -0.05) is 31.5 Å². The summed E-state index contributed by atoms with van der Waals surface area (Å²) >= 11 is 0. The molecule has 0 radical (unpaired) electrons. The molecular formula is C22H24N2O3. The number of nitrogens with one attached hydrogen (secondary N) is 2. The molecule has 27 heavy (non-hydrogen) atoms. The van der Waals surface area contributed by atoms with Crippen molar-refractivity contribution < 1.29 is 14.0 Å². The van der Waals surface area contributed by atoms with Crippen molar-refractivity contribution in [2.75, 3.05) is 10.6 Å². The Kier molecular flexibility index (Phi) is 5.60. The summed E-state index contributed by atoms with van der Waals surface area (Å²) in [6, 6.07) is 13.0. The van der Waals surface area contributed by atoms with E-state index in [0.717, 1.165) is 24.0 Å². The van der Waals surface area contributed by atoms with Crippen molar-refractivity contribution in [3.8, 4) is 0 Å². The highest BCUT2D eigenvalue weighted by atomic mass is 16.3. The molecule has 140 valence electrons. The van der Waals surface area contributed by atoms with Gasteiger partial charge in [0.2, 0.25) is 11.7 Å². The lowest BCUT2D eigenvalue weighted by Crippen LogP contribution is -2.17. The standard InChI is InChI=1S/C22H24N2O3/c1-4-5-10-19(25)24-20-17-8-6-7-9-18(17)27-21(20)22(26)23-16-12-11-14(2)15(3)13-16/h6-9,11-13H,4-5,10H2,1-3H3,(H,23,26)(H,24,25). The van der Waals surface area contributed by atoms with Crippen molar-refractivity contribution in [2.24, 2.45) is 0 Å². The van der Waals surface area contributed by atoms with Crippen molar-refractivity contribution in [3.05, 3.63) is 59.4 Å². The summed E-state index contributed by atoms with van der Waals surface area (Å²) < 4.78 is 5.77. The van der Waals surface area contributed by atoms with Gasteiger partial charge >= 0.3 is 0 Å². The van der Waals surface area contributed by atoms with E-state index in [1.807, 2.05) is 57.2 Å². The largest absolute Gasteiger partial charge is 0.449 e. The lowest BCUT2D eigenvalue weighted by Gasteiger charge is -2.08. The normalized spacial score (nSPS) is 10.8. The number of carbonyl (C=O) groups excluding carboxylic acids is 2. The van der Waals surface area contributed by atoms with E-state index >= 15 is 0 Å². The van der Waals surface area contributed by atoms with Gasteiger partial charge in [0, 0.05) is 17.5 Å². The maximum atomic E-state index is 12.8. The van der Waals surface area contributed by atoms with Gasteiger partial charge in [0.15, 0.2) is 0 Å². The highest BCUT2D eigenvalue weighted by Gasteiger charge is 2.22. The van der Waals surface area contributed by atoms with E-state index in [0.29, 0.717) is 28.8 Å². The number of hydrogen-bond acceptors (Lipinski definition) is 3. The summed E-state index contributed by atoms with van der Waals surface area (Å²) in [5.41, 5.74) is 3.92. The van der Waals surface area contributed by atoms with Gasteiger partial charge in [-0.05, 0) is 55.7 Å². The van der Waals surface area contributed by atoms with Crippen LogP contribution in [-0.2, 0) is 4.79 Å². The number of amides is 2. The molecule has 0 bridgehead atoms. The molecule has 0 saturated heterocycles. The third kappa shape index (κ3) is 4.19. The van der Waals surface area contributed by atoms with Crippen LogP contribution in [0.5, 0.6) is 0 Å². The highest BCUT2D eigenvalue weighted by molar-refractivity contribution is 6.14. The minimum Gasteiger partial charge on any atom is -0.449 e. The van der Waals surface area contributed by atoms with Crippen LogP contribution in [0.25, 0.3) is 11.0 Å². The maximum absolute atomic E-state index is 12.8. The zero-order valence-electron chi connectivity index (χ0n) is 15.9. The predicted octanol–water partition coefficient (Wildman–Crippen LogP) is 5.43. The minimum atomic E-state index is -0.389. The van der Waals surface area contributed by atoms with Gasteiger partial charge in [-0.25, -0.2) is 0 Å². The monoisotopic (exact) mass is 364 g/mol. The molecule has 2 amide bonds. The van der Waals surface area contributed by atoms with Crippen LogP contribution < -0.4 is 10.6 Å². The van der Waals surface area contributed by atoms with Crippen LogP contribution >= 0.6 is 0 Å². The summed E-state index contributed by atoms with van der Waals surface area (Å²) in [6.07, 6.45) is 2.14. The van der Waals surface area contributed by atoms with Crippen LogP contribution in [0.1, 0.15) is 47.9 Å². The number of fused-ring (bicyclic) bond motifs is 1. The Bertz CT molecular complexity index is 988. The van der Waals surface area contributed by atoms with Crippen LogP contribution in [0.4, 0.5) is 11.4 Å². The first-order valence-corrected chi connectivity index (χ1v) is 9.19. The second-order valence-corrected chi connectivity index (χ2v) is 6.71. The number of rotatable bonds is 6. The van der Waals surface area contributed by atoms with Gasteiger partial charge in [0.25, 0.3) is 5.91 Å². The number of benzene rings is 2. The molecule has 1 aromatic heterocycles. The fourth-order valence-electron chi connectivity index (χ4n) is 2.88. The number of carbonyl (C=O) groups is 2. The molecule has 0 fully saturated rings. The highest BCUT2D eigenvalue weighted by Crippen LogP contribution is 2.31. The molecular weight excluding hydrogens is 340 g/mol. The van der Waals surface area contributed by atoms with Gasteiger partial charge in [-0.2, -0.15) is 0 Å². The van der Waals surface area contributed by atoms with Crippen molar-refractivity contribution in [1.29, 1.82) is 0 Å². The molecule has 1 heterocycles. The average molecular weight is 364 g/mol. The van der Waals surface area contributed by atoms with E-state index in [1.54, 1.807) is 6.07 Å². The molecule has 5 nitrogen and oxygen atoms in total. The number of unbranched alkanes of at least 4 members (excludes halogenated alkanes) is 1. The van der Waals surface area contributed by atoms with E-state index in [9.17, 15) is 9.59 Å². The molecule has 0 spiro atoms. The summed E-state index contributed by atoms with van der Waals surface area (Å²) in [6.45, 7) is 6.04. The third-order valence-electron chi connectivity index (χ3n) is 4.59. The van der Waals surface area contributed by atoms with Gasteiger partial charge in [-0.3, -0.25) is 9.59 Å². The van der Waals surface area contributed by atoms with E-state index in [4.69, 9.17) is 4.42 Å². The summed E-state index contributed by atoms with van der Waals surface area (Å²) in [7, 11) is 0. The fourth-order valence-corrected chi connectivity index (χ4v) is 2.88. The van der Waals surface area contributed by atoms with Crippen LogP contribution in [0.15, 0.2) is 46.9 Å². The first kappa shape index (κ1) is 18.7. The molecule has 0 aliphatic rings. The fraction of sp³-hybridized carbons (Fsp3) is 0.273. The number of aryl methyl sites for hydroxylation is 2. The first-order chi connectivity index (χ1) is 13.0. The second-order valence-electron chi connectivity index (χ2n) is 6.71. The number of hydrogen-bond donors (Lipinski definition) is 2. The van der Waals surface area contributed by atoms with E-state index in [1.165, 1.54) is 0 Å². The van der Waals surface area contributed by atoms with E-state index < -0.39 is 0 Å². The molecule has 0 aliphatic carbocycles. The molecule has 3 aromatic rings. The maximum Gasteiger partial charge on any atom is 0.293 e. The van der Waals surface area contributed by atoms with Crippen molar-refractivity contribution in [2.45, 2.75) is 40.0 Å². The van der Waals surface area contributed by atoms with Gasteiger partial charge in [0.1, 0.15) is 11.3 Å². The molecule has 0 aliphatic heterocycles. The Labute approximate surface area is 158 Å². The number of anilines is 2. The minimum absolute atomic E-state index is 0.110. The lowest BCUT2D eigenvalue weighted by atomic mass is 10.1. The molecule has 0 saturated carbocycles. The smallest absolute Gasteiger partial charge is 0.293 e. The molecule has 0 atom stereocenters. The van der Waals surface area contributed by atoms with Crippen LogP contribution in [-0.4, -0.2) is 11.8 Å². The summed E-state index contributed by atoms with van der Waals surface area (Å²) in [5.74, 6) is -0.400. The van der Waals surface area contributed by atoms with Gasteiger partial charge < -0.3 is 15.1 Å². The molecule has 0 unspecified atom stereocenters. The Morgan fingerprint density at radius 3 is 2.52 bits per heavy atom. The lowest BCUT2D eigenvalue weighted by molar-refractivity contribution is -0.116. The summed E-state index contributed by atoms with van der Waals surface area (Å²) in [4.78, 5) is 25.1. The second kappa shape index (κ2) is 8.08. The Morgan fingerprint density at radius 2 is 1.78 bits per heavy atom. The molecule has 5 heteroatoms. The Balaban J connectivity index is 1.92. The molecule has 3 rings (SSSR count). The summed E-state index contributed by atoms with van der Waals surface area (Å²) in [5, 5.41) is 6.44. The SMILES string of the molecule is CCCCC(=O)Nc1c(C(=O)Nc2ccc(C)c(C)c2)oc2ccccc12. The molecule has 2 N–H and O–H groups in total. The molecule has 2 aromatic carbocycles. The average Bonchev–Trinajstić information content (AvgIpc) is 3.02. The van der Waals surface area contributed by atoms with E-state index in [2.05, 4.69) is 10.6 Å². The Morgan fingerprint density at radius 1 is 1.00 bits per heavy atom. The third-order valence-corrected chi connectivity index (χ3v) is 4.59. The van der Waals surface area contributed by atoms with Crippen LogP contribution in [0.2, 0.25) is 0 Å². The van der Waals surface area contributed by atoms with Crippen molar-refractivity contribution >= 4 is 34.2 Å². The number of furan rings is 1. The predicted molar refractivity (Wildman–Crippen MR) is 108 cm³/mol. The van der Waals surface area contributed by atoms with Crippen molar-refractivity contribution in [1.82, 2.24) is 0 Å². The van der Waals surface area contributed by atoms with Gasteiger partial charge in [0.05, 0.1) is 0 Å². The zero-order chi connectivity index (χ0) is 19.4. The quantitative estimate of drug-likeness (QED) is 0.612. The van der Waals surface area contributed by atoms with Crippen molar-refractivity contribution in [3.63, 3.8) is 0 Å². The van der Waals surface area contributed by atoms with Crippen LogP contribution in [0, 0.1) is 13.8 Å². The Hall–Kier alpha value is -3.08. The van der Waals surface area contributed by atoms with E-state index in [-0.39, 0.29) is 17.6 Å². The topological polar surface area (TPSA) is 71.3 Å². The van der Waals surface area contributed by atoms with Gasteiger partial charge in [-0.15, -0.1) is 0 Å².